The van der Waals surface area contributed by atoms with Crippen molar-refractivity contribution in [3.63, 3.8) is 0 Å². The zero-order valence-electron chi connectivity index (χ0n) is 19.7. The Labute approximate surface area is 188 Å². The molecule has 0 aliphatic heterocycles. The highest BCUT2D eigenvalue weighted by Gasteiger charge is 2.21. The lowest BCUT2D eigenvalue weighted by Gasteiger charge is -2.19. The molecule has 0 saturated carbocycles. The molecule has 0 unspecified atom stereocenters. The van der Waals surface area contributed by atoms with Crippen LogP contribution in [0.3, 0.4) is 0 Å². The predicted molar refractivity (Wildman–Crippen MR) is 127 cm³/mol. The molecule has 4 rings (SSSR count). The zero-order valence-corrected chi connectivity index (χ0v) is 19.7. The van der Waals surface area contributed by atoms with Crippen LogP contribution in [0.15, 0.2) is 36.5 Å². The van der Waals surface area contributed by atoms with E-state index in [1.54, 1.807) is 4.90 Å². The molecule has 0 radical (unpaired) electrons. The Balaban J connectivity index is 1.76. The van der Waals surface area contributed by atoms with Crippen molar-refractivity contribution < 1.29 is 4.79 Å². The van der Waals surface area contributed by atoms with Crippen molar-refractivity contribution in [2.24, 2.45) is 0 Å². The van der Waals surface area contributed by atoms with Crippen LogP contribution in [0.2, 0.25) is 0 Å². The van der Waals surface area contributed by atoms with Gasteiger partial charge in [0.25, 0.3) is 5.91 Å². The summed E-state index contributed by atoms with van der Waals surface area (Å²) >= 11 is 0. The van der Waals surface area contributed by atoms with E-state index in [-0.39, 0.29) is 5.91 Å². The fourth-order valence-corrected chi connectivity index (χ4v) is 4.21. The highest BCUT2D eigenvalue weighted by Crippen LogP contribution is 2.28. The molecule has 4 aromatic rings. The number of carbonyl (C=O) groups excluding carboxylic acids is 1. The molecule has 0 aliphatic carbocycles. The van der Waals surface area contributed by atoms with Gasteiger partial charge in [0, 0.05) is 55.1 Å². The molecule has 0 bridgehead atoms. The monoisotopic (exact) mass is 430 g/mol. The molecule has 7 heteroatoms. The summed E-state index contributed by atoms with van der Waals surface area (Å²) in [7, 11) is 1.85. The number of carbonyl (C=O) groups is 1. The largest absolute Gasteiger partial charge is 0.337 e. The zero-order chi connectivity index (χ0) is 23.0. The number of rotatable bonds is 6. The minimum atomic E-state index is -0.0339. The Kier molecular flexibility index (Phi) is 5.82. The van der Waals surface area contributed by atoms with Gasteiger partial charge in [-0.3, -0.25) is 14.2 Å². The molecule has 1 amide bonds. The van der Waals surface area contributed by atoms with E-state index in [0.717, 1.165) is 57.9 Å². The third kappa shape index (κ3) is 3.79. The number of benzene rings is 1. The number of hydrogen-bond acceptors (Lipinski definition) is 4. The van der Waals surface area contributed by atoms with E-state index in [1.165, 1.54) is 0 Å². The third-order valence-corrected chi connectivity index (χ3v) is 6.07. The van der Waals surface area contributed by atoms with Gasteiger partial charge in [-0.1, -0.05) is 18.2 Å². The van der Waals surface area contributed by atoms with E-state index in [0.29, 0.717) is 12.1 Å². The van der Waals surface area contributed by atoms with Crippen LogP contribution in [0.25, 0.3) is 22.2 Å². The molecule has 7 nitrogen and oxygen atoms in total. The normalized spacial score (nSPS) is 11.3. The van der Waals surface area contributed by atoms with E-state index in [2.05, 4.69) is 31.0 Å². The van der Waals surface area contributed by atoms with Crippen LogP contribution in [0, 0.1) is 20.8 Å². The highest BCUT2D eigenvalue weighted by atomic mass is 16.2. The van der Waals surface area contributed by atoms with E-state index >= 15 is 0 Å². The summed E-state index contributed by atoms with van der Waals surface area (Å²) in [5.41, 5.74) is 7.24. The lowest BCUT2D eigenvalue weighted by Crippen LogP contribution is -2.27. The van der Waals surface area contributed by atoms with Gasteiger partial charge in [0.1, 0.15) is 0 Å². The van der Waals surface area contributed by atoms with Crippen molar-refractivity contribution in [2.75, 3.05) is 7.05 Å². The van der Waals surface area contributed by atoms with Gasteiger partial charge in [-0.05, 0) is 46.8 Å². The SMILES string of the molecule is CCn1cc(-c2cc(C(=O)N(C)Cc3c(C)nn(CC)c3C)c3ccccc3n2)c(C)n1. The smallest absolute Gasteiger partial charge is 0.254 e. The fraction of sp³-hybridized carbons (Fsp3) is 0.360. The van der Waals surface area contributed by atoms with E-state index in [9.17, 15) is 4.79 Å². The van der Waals surface area contributed by atoms with Crippen LogP contribution >= 0.6 is 0 Å². The number of aryl methyl sites for hydroxylation is 4. The van der Waals surface area contributed by atoms with Crippen molar-refractivity contribution in [2.45, 2.75) is 54.3 Å². The molecule has 0 N–H and O–H groups in total. The number of nitrogens with zero attached hydrogens (tertiary/aromatic N) is 6. The second-order valence-corrected chi connectivity index (χ2v) is 8.18. The summed E-state index contributed by atoms with van der Waals surface area (Å²) in [6.07, 6.45) is 2.00. The average Bonchev–Trinajstić information content (AvgIpc) is 3.31. The second kappa shape index (κ2) is 8.57. The van der Waals surface area contributed by atoms with Gasteiger partial charge in [0.05, 0.1) is 28.2 Å². The summed E-state index contributed by atoms with van der Waals surface area (Å²) < 4.78 is 3.88. The van der Waals surface area contributed by atoms with Gasteiger partial charge in [-0.15, -0.1) is 0 Å². The first kappa shape index (κ1) is 21.7. The number of hydrogen-bond donors (Lipinski definition) is 0. The summed E-state index contributed by atoms with van der Waals surface area (Å²) in [6, 6.07) is 9.71. The van der Waals surface area contributed by atoms with Crippen LogP contribution in [0.4, 0.5) is 0 Å². The Morgan fingerprint density at radius 1 is 1.03 bits per heavy atom. The van der Waals surface area contributed by atoms with Gasteiger partial charge >= 0.3 is 0 Å². The standard InChI is InChI=1S/C25H30N6O/c1-7-30-15-22(17(4)27-30)24-13-20(19-11-9-10-12-23(19)26-24)25(32)29(6)14-21-16(3)28-31(8-2)18(21)5/h9-13,15H,7-8,14H2,1-6H3. The predicted octanol–water partition coefficient (Wildman–Crippen LogP) is 4.53. The Bertz CT molecular complexity index is 1300. The minimum Gasteiger partial charge on any atom is -0.337 e. The second-order valence-electron chi connectivity index (χ2n) is 8.18. The lowest BCUT2D eigenvalue weighted by molar-refractivity contribution is 0.0786. The number of amides is 1. The first-order valence-corrected chi connectivity index (χ1v) is 11.1. The molecule has 0 atom stereocenters. The molecule has 0 spiro atoms. The summed E-state index contributed by atoms with van der Waals surface area (Å²) in [6.45, 7) is 12.3. The minimum absolute atomic E-state index is 0.0339. The van der Waals surface area contributed by atoms with Crippen LogP contribution in [-0.4, -0.2) is 42.4 Å². The van der Waals surface area contributed by atoms with Crippen molar-refractivity contribution >= 4 is 16.8 Å². The van der Waals surface area contributed by atoms with Crippen molar-refractivity contribution in [1.29, 1.82) is 0 Å². The van der Waals surface area contributed by atoms with Crippen molar-refractivity contribution in [3.05, 3.63) is 64.7 Å². The average molecular weight is 431 g/mol. The molecule has 3 aromatic heterocycles. The quantitative estimate of drug-likeness (QED) is 0.451. The number of fused-ring (bicyclic) bond motifs is 1. The number of para-hydroxylation sites is 1. The molecule has 0 saturated heterocycles. The van der Waals surface area contributed by atoms with Crippen molar-refractivity contribution in [3.8, 4) is 11.3 Å². The van der Waals surface area contributed by atoms with Gasteiger partial charge in [0.2, 0.25) is 0 Å². The lowest BCUT2D eigenvalue weighted by atomic mass is 10.0. The van der Waals surface area contributed by atoms with E-state index in [1.807, 2.05) is 66.8 Å². The molecular formula is C25H30N6O. The van der Waals surface area contributed by atoms with Gasteiger partial charge < -0.3 is 4.90 Å². The van der Waals surface area contributed by atoms with E-state index in [4.69, 9.17) is 4.98 Å². The Morgan fingerprint density at radius 2 is 1.78 bits per heavy atom. The van der Waals surface area contributed by atoms with Crippen molar-refractivity contribution in [1.82, 2.24) is 29.4 Å². The van der Waals surface area contributed by atoms with Crippen LogP contribution in [-0.2, 0) is 19.6 Å². The highest BCUT2D eigenvalue weighted by molar-refractivity contribution is 6.07. The molecular weight excluding hydrogens is 400 g/mol. The summed E-state index contributed by atoms with van der Waals surface area (Å²) in [4.78, 5) is 20.3. The maximum atomic E-state index is 13.6. The molecule has 0 fully saturated rings. The number of aromatic nitrogens is 5. The Hall–Kier alpha value is -3.48. The third-order valence-electron chi connectivity index (χ3n) is 6.07. The Morgan fingerprint density at radius 3 is 2.44 bits per heavy atom. The molecule has 32 heavy (non-hydrogen) atoms. The van der Waals surface area contributed by atoms with Crippen LogP contribution < -0.4 is 0 Å². The van der Waals surface area contributed by atoms with Gasteiger partial charge in [-0.2, -0.15) is 10.2 Å². The maximum Gasteiger partial charge on any atom is 0.254 e. The van der Waals surface area contributed by atoms with Gasteiger partial charge in [0.15, 0.2) is 0 Å². The first-order valence-electron chi connectivity index (χ1n) is 11.1. The van der Waals surface area contributed by atoms with Crippen LogP contribution in [0.5, 0.6) is 0 Å². The topological polar surface area (TPSA) is 68.8 Å². The summed E-state index contributed by atoms with van der Waals surface area (Å²) in [5, 5.41) is 10.0. The summed E-state index contributed by atoms with van der Waals surface area (Å²) in [5.74, 6) is -0.0339. The van der Waals surface area contributed by atoms with Gasteiger partial charge in [-0.25, -0.2) is 4.98 Å². The molecule has 1 aromatic carbocycles. The van der Waals surface area contributed by atoms with Crippen LogP contribution in [0.1, 0.15) is 46.9 Å². The molecule has 3 heterocycles. The number of pyridine rings is 1. The molecule has 0 aliphatic rings. The van der Waals surface area contributed by atoms with E-state index < -0.39 is 0 Å². The maximum absolute atomic E-state index is 13.6. The first-order chi connectivity index (χ1) is 15.3. The molecule has 166 valence electrons. The fourth-order valence-electron chi connectivity index (χ4n) is 4.21.